The molecule has 146 valence electrons. The first-order chi connectivity index (χ1) is 14.2. The molecule has 1 fully saturated rings. The van der Waals surface area contributed by atoms with Crippen molar-refractivity contribution in [2.24, 2.45) is 0 Å². The molecule has 2 aromatic heterocycles. The van der Waals surface area contributed by atoms with Crippen LogP contribution in [0.1, 0.15) is 23.2 Å². The summed E-state index contributed by atoms with van der Waals surface area (Å²) in [4.78, 5) is 19.6. The van der Waals surface area contributed by atoms with Crippen molar-refractivity contribution in [3.8, 4) is 11.4 Å². The smallest absolute Gasteiger partial charge is 0.256 e. The molecule has 0 aliphatic carbocycles. The van der Waals surface area contributed by atoms with Crippen molar-refractivity contribution >= 4 is 22.2 Å². The number of pyridine rings is 1. The molecule has 0 saturated carbocycles. The third-order valence-electron chi connectivity index (χ3n) is 5.74. The number of nitrogens with zero attached hydrogens (tertiary/aromatic N) is 3. The minimum absolute atomic E-state index is 0.0442. The summed E-state index contributed by atoms with van der Waals surface area (Å²) in [7, 11) is 0. The average molecular weight is 389 g/mol. The lowest BCUT2D eigenvalue weighted by Crippen LogP contribution is -2.37. The first-order valence-electron chi connectivity index (χ1n) is 9.74. The van der Waals surface area contributed by atoms with Crippen molar-refractivity contribution in [3.63, 3.8) is 0 Å². The van der Waals surface area contributed by atoms with E-state index in [9.17, 15) is 14.3 Å². The number of aliphatic hydroxyl groups excluding tert-OH is 1. The number of aliphatic hydroxyl groups is 1. The Hall–Kier alpha value is -3.25. The van der Waals surface area contributed by atoms with Crippen LogP contribution >= 0.6 is 0 Å². The Morgan fingerprint density at radius 2 is 1.90 bits per heavy atom. The molecular weight excluding hydrogens is 369 g/mol. The standard InChI is InChI=1S/C23H20FN3O2/c24-20-10-4-3-9-18(20)22-25-12-21-17-8-2-1-7-16(17)19(13-27(21)22)23(29)26-11-5-6-15(26)14-28/h1-4,7-10,12-13,15,28H,5-6,11,14H2/t15-/m1/s1. The average Bonchev–Trinajstić information content (AvgIpc) is 3.40. The highest BCUT2D eigenvalue weighted by molar-refractivity contribution is 6.11. The molecule has 1 amide bonds. The zero-order valence-corrected chi connectivity index (χ0v) is 15.8. The second-order valence-corrected chi connectivity index (χ2v) is 7.38. The molecule has 2 aromatic carbocycles. The Kier molecular flexibility index (Phi) is 4.28. The fraction of sp³-hybridized carbons (Fsp3) is 0.217. The molecule has 5 nitrogen and oxygen atoms in total. The van der Waals surface area contributed by atoms with E-state index in [0.29, 0.717) is 23.5 Å². The van der Waals surface area contributed by atoms with Crippen molar-refractivity contribution in [2.75, 3.05) is 13.2 Å². The lowest BCUT2D eigenvalue weighted by Gasteiger charge is -2.24. The van der Waals surface area contributed by atoms with E-state index in [-0.39, 0.29) is 24.4 Å². The molecule has 1 saturated heterocycles. The van der Waals surface area contributed by atoms with Crippen LogP contribution in [-0.4, -0.2) is 44.5 Å². The number of benzene rings is 2. The van der Waals surface area contributed by atoms with Crippen molar-refractivity contribution in [1.82, 2.24) is 14.3 Å². The van der Waals surface area contributed by atoms with Gasteiger partial charge in [0.15, 0.2) is 0 Å². The number of carbonyl (C=O) groups excluding carboxylic acids is 1. The van der Waals surface area contributed by atoms with Crippen LogP contribution in [0, 0.1) is 5.82 Å². The minimum Gasteiger partial charge on any atom is -0.394 e. The highest BCUT2D eigenvalue weighted by Crippen LogP contribution is 2.31. The summed E-state index contributed by atoms with van der Waals surface area (Å²) in [6, 6.07) is 14.0. The second kappa shape index (κ2) is 6.97. The first kappa shape index (κ1) is 17.8. The molecule has 29 heavy (non-hydrogen) atoms. The van der Waals surface area contributed by atoms with Crippen LogP contribution in [0.3, 0.4) is 0 Å². The number of likely N-dealkylation sites (tertiary alicyclic amines) is 1. The zero-order chi connectivity index (χ0) is 20.0. The maximum atomic E-state index is 14.4. The molecular formula is C23H20FN3O2. The molecule has 5 rings (SSSR count). The van der Waals surface area contributed by atoms with Gasteiger partial charge in [0.05, 0.1) is 35.5 Å². The Morgan fingerprint density at radius 3 is 2.69 bits per heavy atom. The van der Waals surface area contributed by atoms with Gasteiger partial charge in [0.25, 0.3) is 5.91 Å². The summed E-state index contributed by atoms with van der Waals surface area (Å²) in [5.74, 6) is -0.0215. The van der Waals surface area contributed by atoms with Gasteiger partial charge in [-0.05, 0) is 30.4 Å². The minimum atomic E-state index is -0.360. The maximum Gasteiger partial charge on any atom is 0.256 e. The lowest BCUT2D eigenvalue weighted by atomic mass is 10.0. The van der Waals surface area contributed by atoms with Crippen LogP contribution in [0.5, 0.6) is 0 Å². The van der Waals surface area contributed by atoms with E-state index in [0.717, 1.165) is 29.1 Å². The van der Waals surface area contributed by atoms with Gasteiger partial charge in [-0.3, -0.25) is 9.20 Å². The summed E-state index contributed by atoms with van der Waals surface area (Å²) < 4.78 is 16.2. The molecule has 1 atom stereocenters. The number of imidazole rings is 1. The molecule has 3 heterocycles. The summed E-state index contributed by atoms with van der Waals surface area (Å²) in [5, 5.41) is 11.4. The van der Waals surface area contributed by atoms with Crippen LogP contribution in [0.4, 0.5) is 4.39 Å². The molecule has 0 unspecified atom stereocenters. The summed E-state index contributed by atoms with van der Waals surface area (Å²) in [6.07, 6.45) is 5.14. The predicted molar refractivity (Wildman–Crippen MR) is 109 cm³/mol. The van der Waals surface area contributed by atoms with Crippen molar-refractivity contribution < 1.29 is 14.3 Å². The van der Waals surface area contributed by atoms with Gasteiger partial charge in [-0.25, -0.2) is 9.37 Å². The number of rotatable bonds is 3. The van der Waals surface area contributed by atoms with Gasteiger partial charge >= 0.3 is 0 Å². The van der Waals surface area contributed by atoms with Crippen molar-refractivity contribution in [3.05, 3.63) is 72.3 Å². The fourth-order valence-electron chi connectivity index (χ4n) is 4.29. The van der Waals surface area contributed by atoms with Gasteiger partial charge in [0, 0.05) is 18.1 Å². The third kappa shape index (κ3) is 2.79. The zero-order valence-electron chi connectivity index (χ0n) is 15.8. The number of carbonyl (C=O) groups is 1. The number of hydrogen-bond donors (Lipinski definition) is 1. The quantitative estimate of drug-likeness (QED) is 0.578. The molecule has 4 aromatic rings. The lowest BCUT2D eigenvalue weighted by molar-refractivity contribution is 0.0679. The molecule has 1 N–H and O–H groups in total. The van der Waals surface area contributed by atoms with Crippen LogP contribution in [0.2, 0.25) is 0 Å². The van der Waals surface area contributed by atoms with Crippen LogP contribution in [0.25, 0.3) is 27.7 Å². The summed E-state index contributed by atoms with van der Waals surface area (Å²) >= 11 is 0. The Morgan fingerprint density at radius 1 is 1.14 bits per heavy atom. The van der Waals surface area contributed by atoms with Gasteiger partial charge in [0.1, 0.15) is 11.6 Å². The molecule has 0 spiro atoms. The van der Waals surface area contributed by atoms with Crippen LogP contribution in [0.15, 0.2) is 60.9 Å². The molecule has 1 aliphatic heterocycles. The summed E-state index contributed by atoms with van der Waals surface area (Å²) in [6.45, 7) is 0.581. The number of hydrogen-bond acceptors (Lipinski definition) is 3. The van der Waals surface area contributed by atoms with Crippen molar-refractivity contribution in [2.45, 2.75) is 18.9 Å². The van der Waals surface area contributed by atoms with Crippen LogP contribution < -0.4 is 0 Å². The Labute approximate surface area is 167 Å². The van der Waals surface area contributed by atoms with E-state index in [1.165, 1.54) is 6.07 Å². The molecule has 1 aliphatic rings. The Bertz CT molecular complexity index is 1230. The largest absolute Gasteiger partial charge is 0.394 e. The van der Waals surface area contributed by atoms with E-state index in [2.05, 4.69) is 4.98 Å². The normalized spacial score (nSPS) is 16.8. The number of aromatic nitrogens is 2. The van der Waals surface area contributed by atoms with E-state index < -0.39 is 0 Å². The van der Waals surface area contributed by atoms with Gasteiger partial charge in [-0.15, -0.1) is 0 Å². The van der Waals surface area contributed by atoms with E-state index >= 15 is 0 Å². The van der Waals surface area contributed by atoms with Gasteiger partial charge in [0.2, 0.25) is 0 Å². The number of amides is 1. The topological polar surface area (TPSA) is 57.8 Å². The highest BCUT2D eigenvalue weighted by atomic mass is 19.1. The van der Waals surface area contributed by atoms with Gasteiger partial charge in [-0.2, -0.15) is 0 Å². The SMILES string of the molecule is O=C(c1cn2c(-c3ccccc3F)ncc2c2ccccc12)N1CCC[C@@H]1CO. The van der Waals surface area contributed by atoms with E-state index in [4.69, 9.17) is 0 Å². The third-order valence-corrected chi connectivity index (χ3v) is 5.74. The Balaban J connectivity index is 1.76. The second-order valence-electron chi connectivity index (χ2n) is 7.38. The fourth-order valence-corrected chi connectivity index (χ4v) is 4.29. The van der Waals surface area contributed by atoms with E-state index in [1.54, 1.807) is 39.9 Å². The van der Waals surface area contributed by atoms with Gasteiger partial charge in [-0.1, -0.05) is 36.4 Å². The predicted octanol–water partition coefficient (Wildman–Crippen LogP) is 3.89. The van der Waals surface area contributed by atoms with Crippen molar-refractivity contribution in [1.29, 1.82) is 0 Å². The molecule has 0 bridgehead atoms. The van der Waals surface area contributed by atoms with E-state index in [1.807, 2.05) is 24.3 Å². The highest BCUT2D eigenvalue weighted by Gasteiger charge is 2.30. The summed E-state index contributed by atoms with van der Waals surface area (Å²) in [5.41, 5.74) is 1.73. The number of fused-ring (bicyclic) bond motifs is 3. The first-order valence-corrected chi connectivity index (χ1v) is 9.74. The molecule has 0 radical (unpaired) electrons. The maximum absolute atomic E-state index is 14.4. The van der Waals surface area contributed by atoms with Crippen LogP contribution in [-0.2, 0) is 0 Å². The monoisotopic (exact) mass is 389 g/mol. The van der Waals surface area contributed by atoms with Gasteiger partial charge < -0.3 is 10.0 Å². The molecule has 6 heteroatoms. The number of halogens is 1.